The van der Waals surface area contributed by atoms with Gasteiger partial charge in [0.25, 0.3) is 0 Å². The van der Waals surface area contributed by atoms with E-state index in [9.17, 15) is 0 Å². The largest absolute Gasteiger partial charge is 0.309 e. The second-order valence-corrected chi connectivity index (χ2v) is 13.6. The normalized spacial score (nSPS) is 11.4. The number of fused-ring (bicyclic) bond motifs is 7. The Morgan fingerprint density at radius 3 is 1.43 bits per heavy atom. The molecule has 0 heterocycles. The van der Waals surface area contributed by atoms with Gasteiger partial charge in [-0.1, -0.05) is 188 Å². The zero-order valence-electron chi connectivity index (χ0n) is 29.2. The highest BCUT2D eigenvalue weighted by Gasteiger charge is 2.22. The van der Waals surface area contributed by atoms with E-state index in [2.05, 4.69) is 217 Å². The van der Waals surface area contributed by atoms with Crippen molar-refractivity contribution in [1.29, 1.82) is 0 Å². The van der Waals surface area contributed by atoms with E-state index >= 15 is 0 Å². The molecule has 0 N–H and O–H groups in total. The van der Waals surface area contributed by atoms with Crippen molar-refractivity contribution in [3.63, 3.8) is 0 Å². The minimum absolute atomic E-state index is 1.10. The summed E-state index contributed by atoms with van der Waals surface area (Å²) in [6, 6.07) is 77.2. The zero-order chi connectivity index (χ0) is 35.1. The summed E-state index contributed by atoms with van der Waals surface area (Å²) in [5.74, 6) is 0. The summed E-state index contributed by atoms with van der Waals surface area (Å²) >= 11 is 0. The molecular formula is C52H35N. The highest BCUT2D eigenvalue weighted by Crippen LogP contribution is 2.48. The van der Waals surface area contributed by atoms with Crippen LogP contribution in [0.3, 0.4) is 0 Å². The molecule has 0 aliphatic rings. The van der Waals surface area contributed by atoms with E-state index in [-0.39, 0.29) is 0 Å². The minimum atomic E-state index is 1.10. The van der Waals surface area contributed by atoms with Crippen LogP contribution in [0.5, 0.6) is 0 Å². The van der Waals surface area contributed by atoms with Crippen LogP contribution in [-0.2, 0) is 0 Å². The first-order valence-electron chi connectivity index (χ1n) is 18.3. The Bertz CT molecular complexity index is 2880. The Hall–Kier alpha value is -6.96. The number of rotatable bonds is 6. The molecular weight excluding hydrogens is 639 g/mol. The van der Waals surface area contributed by atoms with Crippen molar-refractivity contribution in [2.45, 2.75) is 0 Å². The Kier molecular flexibility index (Phi) is 7.55. The number of nitrogens with zero attached hydrogens (tertiary/aromatic N) is 1. The van der Waals surface area contributed by atoms with Crippen molar-refractivity contribution < 1.29 is 0 Å². The van der Waals surface area contributed by atoms with Crippen molar-refractivity contribution in [3.8, 4) is 33.4 Å². The highest BCUT2D eigenvalue weighted by atomic mass is 15.1. The summed E-state index contributed by atoms with van der Waals surface area (Å²) in [7, 11) is 0. The number of anilines is 3. The molecule has 0 aromatic heterocycles. The number of hydrogen-bond donors (Lipinski definition) is 0. The van der Waals surface area contributed by atoms with E-state index in [0.29, 0.717) is 0 Å². The van der Waals surface area contributed by atoms with E-state index in [1.54, 1.807) is 0 Å². The minimum Gasteiger partial charge on any atom is -0.309 e. The van der Waals surface area contributed by atoms with Crippen LogP contribution in [0, 0.1) is 0 Å². The summed E-state index contributed by atoms with van der Waals surface area (Å²) in [5, 5.41) is 10.0. The molecule has 0 radical (unpaired) electrons. The van der Waals surface area contributed by atoms with Crippen LogP contribution in [0.2, 0.25) is 0 Å². The zero-order valence-corrected chi connectivity index (χ0v) is 29.2. The maximum absolute atomic E-state index is 2.47. The molecule has 0 amide bonds. The predicted molar refractivity (Wildman–Crippen MR) is 227 cm³/mol. The molecule has 1 nitrogen and oxygen atoms in total. The van der Waals surface area contributed by atoms with Gasteiger partial charge in [0.15, 0.2) is 0 Å². The van der Waals surface area contributed by atoms with Gasteiger partial charge in [0.2, 0.25) is 0 Å². The lowest BCUT2D eigenvalue weighted by atomic mass is 9.89. The lowest BCUT2D eigenvalue weighted by molar-refractivity contribution is 1.30. The van der Waals surface area contributed by atoms with Crippen LogP contribution in [0.1, 0.15) is 0 Å². The van der Waals surface area contributed by atoms with Gasteiger partial charge < -0.3 is 4.90 Å². The van der Waals surface area contributed by atoms with Crippen molar-refractivity contribution in [2.75, 3.05) is 4.90 Å². The number of hydrogen-bond acceptors (Lipinski definition) is 1. The molecule has 53 heavy (non-hydrogen) atoms. The van der Waals surface area contributed by atoms with Crippen LogP contribution >= 0.6 is 0 Å². The molecule has 0 spiro atoms. The van der Waals surface area contributed by atoms with Crippen molar-refractivity contribution in [2.24, 2.45) is 0 Å². The van der Waals surface area contributed by atoms with Gasteiger partial charge in [-0.3, -0.25) is 0 Å². The van der Waals surface area contributed by atoms with Crippen LogP contribution in [-0.4, -0.2) is 0 Å². The molecule has 248 valence electrons. The SMILES string of the molecule is c1ccc(-c2ccccc2N(c2ccc(-c3c(-c4ccccc4)ccc4ccccc34)cc2)c2cccc3c4ccccc4c4ccccc4c23)cc1. The van der Waals surface area contributed by atoms with Gasteiger partial charge in [-0.15, -0.1) is 0 Å². The first kappa shape index (κ1) is 30.8. The lowest BCUT2D eigenvalue weighted by Crippen LogP contribution is -2.12. The first-order valence-corrected chi connectivity index (χ1v) is 18.3. The highest BCUT2D eigenvalue weighted by molar-refractivity contribution is 6.29. The van der Waals surface area contributed by atoms with Crippen molar-refractivity contribution in [3.05, 3.63) is 212 Å². The molecule has 0 aliphatic carbocycles. The molecule has 0 bridgehead atoms. The molecule has 10 aromatic carbocycles. The van der Waals surface area contributed by atoms with E-state index in [0.717, 1.165) is 17.1 Å². The molecule has 0 saturated carbocycles. The molecule has 0 atom stereocenters. The van der Waals surface area contributed by atoms with Gasteiger partial charge >= 0.3 is 0 Å². The fraction of sp³-hybridized carbons (Fsp3) is 0. The van der Waals surface area contributed by atoms with Crippen LogP contribution in [0.4, 0.5) is 17.1 Å². The Morgan fingerprint density at radius 2 is 0.755 bits per heavy atom. The Balaban J connectivity index is 1.25. The third-order valence-corrected chi connectivity index (χ3v) is 10.6. The molecule has 0 unspecified atom stereocenters. The summed E-state index contributed by atoms with van der Waals surface area (Å²) in [5.41, 5.74) is 10.6. The second kappa shape index (κ2) is 13.0. The summed E-state index contributed by atoms with van der Waals surface area (Å²) in [6.07, 6.45) is 0. The maximum atomic E-state index is 2.47. The van der Waals surface area contributed by atoms with Gasteiger partial charge in [0, 0.05) is 16.6 Å². The molecule has 0 fully saturated rings. The molecule has 10 rings (SSSR count). The topological polar surface area (TPSA) is 3.24 Å². The van der Waals surface area contributed by atoms with Crippen molar-refractivity contribution in [1.82, 2.24) is 0 Å². The van der Waals surface area contributed by atoms with Gasteiger partial charge in [-0.2, -0.15) is 0 Å². The third kappa shape index (κ3) is 5.25. The van der Waals surface area contributed by atoms with E-state index in [1.165, 1.54) is 76.5 Å². The van der Waals surface area contributed by atoms with Crippen LogP contribution in [0.15, 0.2) is 212 Å². The summed E-state index contributed by atoms with van der Waals surface area (Å²) < 4.78 is 0. The lowest BCUT2D eigenvalue weighted by Gasteiger charge is -2.30. The van der Waals surface area contributed by atoms with Crippen LogP contribution in [0.25, 0.3) is 76.5 Å². The smallest absolute Gasteiger partial charge is 0.0546 e. The fourth-order valence-electron chi connectivity index (χ4n) is 8.28. The van der Waals surface area contributed by atoms with Crippen LogP contribution < -0.4 is 4.90 Å². The molecule has 1 heteroatoms. The maximum Gasteiger partial charge on any atom is 0.0546 e. The fourth-order valence-corrected chi connectivity index (χ4v) is 8.28. The molecule has 0 saturated heterocycles. The average molecular weight is 674 g/mol. The average Bonchev–Trinajstić information content (AvgIpc) is 3.24. The van der Waals surface area contributed by atoms with E-state index < -0.39 is 0 Å². The first-order chi connectivity index (χ1) is 26.3. The number of benzene rings is 10. The summed E-state index contributed by atoms with van der Waals surface area (Å²) in [6.45, 7) is 0. The monoisotopic (exact) mass is 673 g/mol. The van der Waals surface area contributed by atoms with Gasteiger partial charge in [-0.25, -0.2) is 0 Å². The second-order valence-electron chi connectivity index (χ2n) is 13.6. The Labute approximate surface area is 309 Å². The molecule has 10 aromatic rings. The van der Waals surface area contributed by atoms with Gasteiger partial charge in [0.1, 0.15) is 0 Å². The quantitative estimate of drug-likeness (QED) is 0.159. The van der Waals surface area contributed by atoms with Gasteiger partial charge in [-0.05, 0) is 89.8 Å². The van der Waals surface area contributed by atoms with Gasteiger partial charge in [0.05, 0.1) is 11.4 Å². The standard InChI is InChI=1S/C52H35N/c1-3-16-36(17-4-1)41-21-13-14-28-49(41)53(50-29-15-27-48-46-24-10-9-23-44(46)45-25-11-12-26-47(45)52(48)50)40-33-30-39(31-34-40)51-42-22-8-7-20-38(42)32-35-43(51)37-18-5-2-6-19-37/h1-35H. The number of para-hydroxylation sites is 1. The summed E-state index contributed by atoms with van der Waals surface area (Å²) in [4.78, 5) is 2.47. The van der Waals surface area contributed by atoms with Crippen molar-refractivity contribution >= 4 is 60.2 Å². The molecule has 0 aliphatic heterocycles. The predicted octanol–water partition coefficient (Wildman–Crippen LogP) is 14.8. The third-order valence-electron chi connectivity index (χ3n) is 10.6. The van der Waals surface area contributed by atoms with E-state index in [4.69, 9.17) is 0 Å². The van der Waals surface area contributed by atoms with E-state index in [1.807, 2.05) is 0 Å². The Morgan fingerprint density at radius 1 is 0.264 bits per heavy atom.